The van der Waals surface area contributed by atoms with Crippen molar-refractivity contribution in [2.75, 3.05) is 13.1 Å². The summed E-state index contributed by atoms with van der Waals surface area (Å²) in [6.07, 6.45) is 1.51. The molecule has 0 fully saturated rings. The largest absolute Gasteiger partial charge is 0.354 e. The zero-order valence-electron chi connectivity index (χ0n) is 21.8. The summed E-state index contributed by atoms with van der Waals surface area (Å²) in [4.78, 5) is 29.2. The van der Waals surface area contributed by atoms with Gasteiger partial charge in [-0.25, -0.2) is 4.68 Å². The smallest absolute Gasteiger partial charge is 0.247 e. The standard InChI is InChI=1S/C30H35N5O2/c1-22(2)17-19-31-30(37)29(25-13-5-4-6-14-25)34(20-18-24-12-8-7-11-23(24)3)28(36)21-35-27-16-10-9-15-26(27)32-33-35/h4-16,22,29H,17-21H2,1-3H3,(H,31,37)/t29-/m0/s1. The minimum Gasteiger partial charge on any atom is -0.354 e. The number of benzene rings is 3. The molecule has 4 rings (SSSR count). The lowest BCUT2D eigenvalue weighted by Crippen LogP contribution is -2.46. The fraction of sp³-hybridized carbons (Fsp3) is 0.333. The van der Waals surface area contributed by atoms with Crippen molar-refractivity contribution in [3.05, 3.63) is 95.6 Å². The second kappa shape index (κ2) is 12.3. The molecule has 7 nitrogen and oxygen atoms in total. The molecule has 1 N–H and O–H groups in total. The van der Waals surface area contributed by atoms with Gasteiger partial charge in [-0.2, -0.15) is 0 Å². The molecule has 2 amide bonds. The van der Waals surface area contributed by atoms with Crippen molar-refractivity contribution >= 4 is 22.8 Å². The summed E-state index contributed by atoms with van der Waals surface area (Å²) < 4.78 is 1.61. The minimum atomic E-state index is -0.750. The first kappa shape index (κ1) is 26.1. The third kappa shape index (κ3) is 6.61. The van der Waals surface area contributed by atoms with Crippen LogP contribution in [0.15, 0.2) is 78.9 Å². The van der Waals surface area contributed by atoms with Gasteiger partial charge in [0.15, 0.2) is 0 Å². The van der Waals surface area contributed by atoms with E-state index in [0.717, 1.165) is 34.1 Å². The molecule has 7 heteroatoms. The molecule has 37 heavy (non-hydrogen) atoms. The predicted octanol–water partition coefficient (Wildman–Crippen LogP) is 4.71. The van der Waals surface area contributed by atoms with Gasteiger partial charge in [-0.3, -0.25) is 9.59 Å². The van der Waals surface area contributed by atoms with E-state index in [0.29, 0.717) is 25.4 Å². The summed E-state index contributed by atoms with van der Waals surface area (Å²) in [5.41, 5.74) is 4.61. The van der Waals surface area contributed by atoms with Gasteiger partial charge in [0.25, 0.3) is 0 Å². The molecule has 1 aromatic heterocycles. The number of nitrogens with zero attached hydrogens (tertiary/aromatic N) is 4. The number of nitrogens with one attached hydrogen (secondary N) is 1. The van der Waals surface area contributed by atoms with E-state index in [1.165, 1.54) is 0 Å². The number of fused-ring (bicyclic) bond motifs is 1. The van der Waals surface area contributed by atoms with Gasteiger partial charge in [0.2, 0.25) is 11.8 Å². The van der Waals surface area contributed by atoms with Crippen LogP contribution in [0.2, 0.25) is 0 Å². The lowest BCUT2D eigenvalue weighted by molar-refractivity contribution is -0.141. The molecule has 0 saturated carbocycles. The number of rotatable bonds is 11. The number of hydrogen-bond donors (Lipinski definition) is 1. The average molecular weight is 498 g/mol. The van der Waals surface area contributed by atoms with Crippen molar-refractivity contribution in [3.8, 4) is 0 Å². The first-order valence-electron chi connectivity index (χ1n) is 12.9. The topological polar surface area (TPSA) is 80.1 Å². The molecule has 0 saturated heterocycles. The maximum Gasteiger partial charge on any atom is 0.247 e. The highest BCUT2D eigenvalue weighted by atomic mass is 16.2. The van der Waals surface area contributed by atoms with Crippen molar-refractivity contribution in [2.45, 2.75) is 46.2 Å². The maximum absolute atomic E-state index is 13.9. The van der Waals surface area contributed by atoms with Crippen molar-refractivity contribution in [2.24, 2.45) is 5.92 Å². The second-order valence-electron chi connectivity index (χ2n) is 9.79. The highest BCUT2D eigenvalue weighted by molar-refractivity contribution is 5.89. The summed E-state index contributed by atoms with van der Waals surface area (Å²) in [7, 11) is 0. The van der Waals surface area contributed by atoms with Crippen LogP contribution in [-0.4, -0.2) is 44.8 Å². The van der Waals surface area contributed by atoms with Gasteiger partial charge in [0, 0.05) is 13.1 Å². The summed E-state index contributed by atoms with van der Waals surface area (Å²) >= 11 is 0. The van der Waals surface area contributed by atoms with E-state index in [4.69, 9.17) is 0 Å². The zero-order chi connectivity index (χ0) is 26.2. The fourth-order valence-electron chi connectivity index (χ4n) is 4.47. The Balaban J connectivity index is 1.66. The van der Waals surface area contributed by atoms with Gasteiger partial charge in [-0.1, -0.05) is 85.8 Å². The third-order valence-electron chi connectivity index (χ3n) is 6.61. The van der Waals surface area contributed by atoms with E-state index in [2.05, 4.69) is 48.5 Å². The van der Waals surface area contributed by atoms with Gasteiger partial charge in [-0.05, 0) is 54.5 Å². The molecule has 1 heterocycles. The fourth-order valence-corrected chi connectivity index (χ4v) is 4.47. The number of hydrogen-bond acceptors (Lipinski definition) is 4. The van der Waals surface area contributed by atoms with E-state index in [9.17, 15) is 9.59 Å². The minimum absolute atomic E-state index is 0.00308. The molecule has 0 radical (unpaired) electrons. The monoisotopic (exact) mass is 497 g/mol. The molecule has 192 valence electrons. The first-order chi connectivity index (χ1) is 17.9. The molecule has 1 atom stereocenters. The molecular weight excluding hydrogens is 462 g/mol. The molecule has 4 aromatic rings. The molecule has 0 unspecified atom stereocenters. The van der Waals surface area contributed by atoms with Gasteiger partial charge >= 0.3 is 0 Å². The van der Waals surface area contributed by atoms with E-state index in [-0.39, 0.29) is 18.4 Å². The van der Waals surface area contributed by atoms with Crippen molar-refractivity contribution < 1.29 is 9.59 Å². The van der Waals surface area contributed by atoms with Gasteiger partial charge < -0.3 is 10.2 Å². The Morgan fingerprint density at radius 2 is 1.65 bits per heavy atom. The predicted molar refractivity (Wildman–Crippen MR) is 146 cm³/mol. The summed E-state index contributed by atoms with van der Waals surface area (Å²) in [5, 5.41) is 11.5. The van der Waals surface area contributed by atoms with Crippen LogP contribution in [0.25, 0.3) is 11.0 Å². The van der Waals surface area contributed by atoms with Crippen LogP contribution >= 0.6 is 0 Å². The maximum atomic E-state index is 13.9. The number of aryl methyl sites for hydroxylation is 1. The molecule has 0 aliphatic rings. The Labute approximate surface area is 218 Å². The van der Waals surface area contributed by atoms with Crippen LogP contribution in [0.4, 0.5) is 0 Å². The number of para-hydroxylation sites is 1. The summed E-state index contributed by atoms with van der Waals surface area (Å²) in [6, 6.07) is 24.5. The SMILES string of the molecule is Cc1ccccc1CCN(C(=O)Cn1nnc2ccccc21)[C@H](C(=O)NCCC(C)C)c1ccccc1. The molecule has 0 bridgehead atoms. The first-order valence-corrected chi connectivity index (χ1v) is 12.9. The van der Waals surface area contributed by atoms with Crippen LogP contribution in [0.1, 0.15) is 43.0 Å². The van der Waals surface area contributed by atoms with Crippen LogP contribution < -0.4 is 5.32 Å². The molecule has 0 aliphatic heterocycles. The molecular formula is C30H35N5O2. The average Bonchev–Trinajstić information content (AvgIpc) is 3.30. The van der Waals surface area contributed by atoms with Gasteiger partial charge in [0.1, 0.15) is 18.1 Å². The molecule has 0 aliphatic carbocycles. The normalized spacial score (nSPS) is 12.0. The quantitative estimate of drug-likeness (QED) is 0.325. The molecule has 3 aromatic carbocycles. The van der Waals surface area contributed by atoms with E-state index < -0.39 is 6.04 Å². The van der Waals surface area contributed by atoms with Crippen LogP contribution in [0, 0.1) is 12.8 Å². The Morgan fingerprint density at radius 1 is 0.946 bits per heavy atom. The number of carbonyl (C=O) groups excluding carboxylic acids is 2. The van der Waals surface area contributed by atoms with Crippen LogP contribution in [0.3, 0.4) is 0 Å². The van der Waals surface area contributed by atoms with Crippen molar-refractivity contribution in [3.63, 3.8) is 0 Å². The number of aromatic nitrogens is 3. The summed E-state index contributed by atoms with van der Waals surface area (Å²) in [6.45, 7) is 7.27. The Hall–Kier alpha value is -4.00. The lowest BCUT2D eigenvalue weighted by Gasteiger charge is -2.32. The zero-order valence-corrected chi connectivity index (χ0v) is 21.8. The van der Waals surface area contributed by atoms with Crippen molar-refractivity contribution in [1.82, 2.24) is 25.2 Å². The Bertz CT molecular complexity index is 1330. The number of amides is 2. The van der Waals surface area contributed by atoms with Gasteiger partial charge in [-0.15, -0.1) is 5.10 Å². The van der Waals surface area contributed by atoms with E-state index >= 15 is 0 Å². The van der Waals surface area contributed by atoms with E-state index in [1.807, 2.05) is 66.7 Å². The van der Waals surface area contributed by atoms with Crippen molar-refractivity contribution in [1.29, 1.82) is 0 Å². The molecule has 0 spiro atoms. The lowest BCUT2D eigenvalue weighted by atomic mass is 10.0. The summed E-state index contributed by atoms with van der Waals surface area (Å²) in [5.74, 6) is 0.111. The van der Waals surface area contributed by atoms with Gasteiger partial charge in [0.05, 0.1) is 5.52 Å². The Kier molecular flexibility index (Phi) is 8.67. The number of carbonyl (C=O) groups is 2. The van der Waals surface area contributed by atoms with E-state index in [1.54, 1.807) is 9.58 Å². The highest BCUT2D eigenvalue weighted by Gasteiger charge is 2.31. The van der Waals surface area contributed by atoms with Crippen LogP contribution in [-0.2, 0) is 22.6 Å². The van der Waals surface area contributed by atoms with Crippen LogP contribution in [0.5, 0.6) is 0 Å². The highest BCUT2D eigenvalue weighted by Crippen LogP contribution is 2.24. The third-order valence-corrected chi connectivity index (χ3v) is 6.61. The Morgan fingerprint density at radius 3 is 2.41 bits per heavy atom. The second-order valence-corrected chi connectivity index (χ2v) is 9.79.